The molecule has 1 N–H and O–H groups in total. The van der Waals surface area contributed by atoms with Crippen LogP contribution >= 0.6 is 0 Å². The van der Waals surface area contributed by atoms with Gasteiger partial charge in [0.15, 0.2) is 0 Å². The number of hydrogen-bond donors (Lipinski definition) is 1. The van der Waals surface area contributed by atoms with Gasteiger partial charge in [-0.3, -0.25) is 4.98 Å². The van der Waals surface area contributed by atoms with Crippen molar-refractivity contribution < 1.29 is 4.74 Å². The Labute approximate surface area is 114 Å². The van der Waals surface area contributed by atoms with Gasteiger partial charge in [0, 0.05) is 6.20 Å². The molecule has 0 spiro atoms. The Hall–Kier alpha value is -1.87. The zero-order chi connectivity index (χ0) is 13.7. The van der Waals surface area contributed by atoms with Crippen molar-refractivity contribution in [2.24, 2.45) is 0 Å². The summed E-state index contributed by atoms with van der Waals surface area (Å²) in [6, 6.07) is 12.3. The van der Waals surface area contributed by atoms with Gasteiger partial charge in [-0.15, -0.1) is 0 Å². The highest BCUT2D eigenvalue weighted by Gasteiger charge is 2.16. The molecule has 0 fully saturated rings. The van der Waals surface area contributed by atoms with Crippen LogP contribution in [0.5, 0.6) is 5.75 Å². The van der Waals surface area contributed by atoms with Crippen LogP contribution in [0, 0.1) is 6.92 Å². The number of methoxy groups -OCH3 is 1. The maximum absolute atomic E-state index is 5.20. The van der Waals surface area contributed by atoms with Gasteiger partial charge in [0.05, 0.1) is 18.8 Å². The van der Waals surface area contributed by atoms with E-state index in [0.29, 0.717) is 0 Å². The highest BCUT2D eigenvalue weighted by Crippen LogP contribution is 2.24. The van der Waals surface area contributed by atoms with Crippen molar-refractivity contribution in [2.45, 2.75) is 19.9 Å². The minimum absolute atomic E-state index is 0.122. The van der Waals surface area contributed by atoms with E-state index in [0.717, 1.165) is 18.0 Å². The van der Waals surface area contributed by atoms with E-state index in [1.54, 1.807) is 7.11 Å². The molecule has 0 bridgehead atoms. The molecule has 1 unspecified atom stereocenters. The van der Waals surface area contributed by atoms with Crippen LogP contribution in [0.15, 0.2) is 42.6 Å². The number of hydrogen-bond acceptors (Lipinski definition) is 3. The normalized spacial score (nSPS) is 12.2. The predicted molar refractivity (Wildman–Crippen MR) is 77.5 cm³/mol. The Bertz CT molecular complexity index is 523. The van der Waals surface area contributed by atoms with E-state index in [4.69, 9.17) is 4.74 Å². The monoisotopic (exact) mass is 256 g/mol. The van der Waals surface area contributed by atoms with Gasteiger partial charge in [0.1, 0.15) is 5.75 Å². The summed E-state index contributed by atoms with van der Waals surface area (Å²) < 4.78 is 5.20. The molecule has 3 nitrogen and oxygen atoms in total. The van der Waals surface area contributed by atoms with Crippen molar-refractivity contribution in [3.63, 3.8) is 0 Å². The van der Waals surface area contributed by atoms with Crippen LogP contribution in [0.2, 0.25) is 0 Å². The number of pyridine rings is 1. The van der Waals surface area contributed by atoms with Crippen molar-refractivity contribution >= 4 is 0 Å². The smallest absolute Gasteiger partial charge is 0.118 e. The molecule has 0 radical (unpaired) electrons. The molecule has 100 valence electrons. The van der Waals surface area contributed by atoms with Gasteiger partial charge >= 0.3 is 0 Å². The molecule has 0 aliphatic heterocycles. The van der Waals surface area contributed by atoms with Gasteiger partial charge in [-0.25, -0.2) is 0 Å². The number of nitrogens with one attached hydrogen (secondary N) is 1. The molecule has 3 heteroatoms. The number of aryl methyl sites for hydroxylation is 1. The van der Waals surface area contributed by atoms with Gasteiger partial charge < -0.3 is 10.1 Å². The Kier molecular flexibility index (Phi) is 4.53. The van der Waals surface area contributed by atoms with Gasteiger partial charge in [-0.2, -0.15) is 0 Å². The Morgan fingerprint density at radius 1 is 1.21 bits per heavy atom. The molecule has 0 saturated carbocycles. The number of ether oxygens (including phenoxy) is 1. The topological polar surface area (TPSA) is 34.1 Å². The van der Waals surface area contributed by atoms with Crippen LogP contribution in [0.4, 0.5) is 0 Å². The van der Waals surface area contributed by atoms with Crippen LogP contribution in [0.25, 0.3) is 0 Å². The lowest BCUT2D eigenvalue weighted by Gasteiger charge is -2.20. The molecule has 1 heterocycles. The van der Waals surface area contributed by atoms with Crippen LogP contribution in [0.3, 0.4) is 0 Å². The molecule has 1 aromatic carbocycles. The maximum Gasteiger partial charge on any atom is 0.118 e. The van der Waals surface area contributed by atoms with E-state index in [9.17, 15) is 0 Å². The fraction of sp³-hybridized carbons (Fsp3) is 0.312. The van der Waals surface area contributed by atoms with Crippen LogP contribution in [-0.4, -0.2) is 18.6 Å². The van der Waals surface area contributed by atoms with Crippen molar-refractivity contribution in [1.82, 2.24) is 10.3 Å². The second kappa shape index (κ2) is 6.34. The summed E-state index contributed by atoms with van der Waals surface area (Å²) >= 11 is 0. The fourth-order valence-corrected chi connectivity index (χ4v) is 2.17. The lowest BCUT2D eigenvalue weighted by Crippen LogP contribution is -2.23. The van der Waals surface area contributed by atoms with Crippen molar-refractivity contribution in [1.29, 1.82) is 0 Å². The molecule has 1 atom stereocenters. The molecule has 1 aromatic heterocycles. The van der Waals surface area contributed by atoms with Crippen LogP contribution < -0.4 is 10.1 Å². The highest BCUT2D eigenvalue weighted by molar-refractivity contribution is 5.35. The van der Waals surface area contributed by atoms with Crippen LogP contribution in [-0.2, 0) is 0 Å². The third kappa shape index (κ3) is 3.12. The van der Waals surface area contributed by atoms with E-state index < -0.39 is 0 Å². The third-order valence-electron chi connectivity index (χ3n) is 3.18. The van der Waals surface area contributed by atoms with Gasteiger partial charge in [0.2, 0.25) is 0 Å². The molecular formula is C16H20N2O. The second-order valence-electron chi connectivity index (χ2n) is 4.47. The first-order chi connectivity index (χ1) is 9.26. The third-order valence-corrected chi connectivity index (χ3v) is 3.18. The highest BCUT2D eigenvalue weighted by atomic mass is 16.5. The second-order valence-corrected chi connectivity index (χ2v) is 4.47. The van der Waals surface area contributed by atoms with Gasteiger partial charge in [-0.1, -0.05) is 25.1 Å². The van der Waals surface area contributed by atoms with E-state index in [1.807, 2.05) is 24.4 Å². The molecular weight excluding hydrogens is 236 g/mol. The molecule has 0 aliphatic carbocycles. The fourth-order valence-electron chi connectivity index (χ4n) is 2.17. The summed E-state index contributed by atoms with van der Waals surface area (Å²) in [6.07, 6.45) is 1.84. The molecule has 2 aromatic rings. The van der Waals surface area contributed by atoms with E-state index in [1.165, 1.54) is 11.1 Å². The first-order valence-corrected chi connectivity index (χ1v) is 6.55. The lowest BCUT2D eigenvalue weighted by atomic mass is 10.00. The first-order valence-electron chi connectivity index (χ1n) is 6.55. The Balaban J connectivity index is 2.36. The van der Waals surface area contributed by atoms with E-state index in [2.05, 4.69) is 42.3 Å². The zero-order valence-corrected chi connectivity index (χ0v) is 11.7. The predicted octanol–water partition coefficient (Wildman–Crippen LogP) is 3.10. The summed E-state index contributed by atoms with van der Waals surface area (Å²) in [7, 11) is 1.68. The zero-order valence-electron chi connectivity index (χ0n) is 11.7. The van der Waals surface area contributed by atoms with Crippen molar-refractivity contribution in [2.75, 3.05) is 13.7 Å². The van der Waals surface area contributed by atoms with Crippen molar-refractivity contribution in [3.8, 4) is 5.75 Å². The quantitative estimate of drug-likeness (QED) is 0.892. The molecule has 0 amide bonds. The maximum atomic E-state index is 5.20. The minimum atomic E-state index is 0.122. The number of rotatable bonds is 5. The largest absolute Gasteiger partial charge is 0.497 e. The Morgan fingerprint density at radius 2 is 1.95 bits per heavy atom. The minimum Gasteiger partial charge on any atom is -0.497 e. The van der Waals surface area contributed by atoms with Gasteiger partial charge in [-0.05, 0) is 42.8 Å². The summed E-state index contributed by atoms with van der Waals surface area (Å²) in [5, 5.41) is 3.49. The number of aromatic nitrogens is 1. The summed E-state index contributed by atoms with van der Waals surface area (Å²) in [5.41, 5.74) is 3.48. The standard InChI is InChI=1S/C16H20N2O/c1-4-17-16(15-12(2)6-5-11-18-15)13-7-9-14(19-3)10-8-13/h5-11,16-17H,4H2,1-3H3. The molecule has 2 rings (SSSR count). The molecule has 19 heavy (non-hydrogen) atoms. The van der Waals surface area contributed by atoms with Crippen LogP contribution in [0.1, 0.15) is 29.8 Å². The summed E-state index contributed by atoms with van der Waals surface area (Å²) in [5.74, 6) is 0.872. The lowest BCUT2D eigenvalue weighted by molar-refractivity contribution is 0.414. The molecule has 0 aliphatic rings. The SMILES string of the molecule is CCNC(c1ccc(OC)cc1)c1ncccc1C. The summed E-state index contributed by atoms with van der Waals surface area (Å²) in [4.78, 5) is 4.52. The average molecular weight is 256 g/mol. The Morgan fingerprint density at radius 3 is 2.53 bits per heavy atom. The van der Waals surface area contributed by atoms with Crippen molar-refractivity contribution in [3.05, 3.63) is 59.4 Å². The average Bonchev–Trinajstić information content (AvgIpc) is 2.46. The van der Waals surface area contributed by atoms with E-state index in [-0.39, 0.29) is 6.04 Å². The number of nitrogens with zero attached hydrogens (tertiary/aromatic N) is 1. The first kappa shape index (κ1) is 13.6. The van der Waals surface area contributed by atoms with Gasteiger partial charge in [0.25, 0.3) is 0 Å². The number of benzene rings is 1. The summed E-state index contributed by atoms with van der Waals surface area (Å²) in [6.45, 7) is 5.09. The van der Waals surface area contributed by atoms with E-state index >= 15 is 0 Å². The molecule has 0 saturated heterocycles.